The molecule has 0 radical (unpaired) electrons. The Balaban J connectivity index is 2.34. The van der Waals surface area contributed by atoms with E-state index in [0.717, 1.165) is 19.1 Å². The number of halogens is 3. The molecule has 0 aliphatic heterocycles. The summed E-state index contributed by atoms with van der Waals surface area (Å²) in [6, 6.07) is 4.46. The van der Waals surface area contributed by atoms with Gasteiger partial charge in [-0.25, -0.2) is 0 Å². The zero-order valence-electron chi connectivity index (χ0n) is 8.97. The lowest BCUT2D eigenvalue weighted by molar-refractivity contribution is 0.641. The zero-order valence-corrected chi connectivity index (χ0v) is 14.5. The van der Waals surface area contributed by atoms with Crippen LogP contribution in [-0.4, -0.2) is 6.54 Å². The maximum atomic E-state index is 6.10. The molecule has 2 aromatic rings. The fourth-order valence-corrected chi connectivity index (χ4v) is 4.61. The summed E-state index contributed by atoms with van der Waals surface area (Å²) in [7, 11) is 0. The van der Waals surface area contributed by atoms with Crippen LogP contribution in [0.2, 0.25) is 4.34 Å². The lowest BCUT2D eigenvalue weighted by Gasteiger charge is -2.14. The van der Waals surface area contributed by atoms with Crippen LogP contribution in [0.1, 0.15) is 23.4 Å². The molecular formula is C11H10Br2ClNS2. The third kappa shape index (κ3) is 3.33. The van der Waals surface area contributed by atoms with Crippen molar-refractivity contribution in [2.24, 2.45) is 0 Å². The van der Waals surface area contributed by atoms with Gasteiger partial charge in [-0.15, -0.1) is 22.7 Å². The van der Waals surface area contributed by atoms with Crippen LogP contribution in [-0.2, 0) is 0 Å². The molecule has 0 saturated heterocycles. The lowest BCUT2D eigenvalue weighted by atomic mass is 10.1. The van der Waals surface area contributed by atoms with Crippen molar-refractivity contribution >= 4 is 66.1 Å². The molecule has 2 aromatic heterocycles. The van der Waals surface area contributed by atoms with Crippen molar-refractivity contribution in [2.45, 2.75) is 13.0 Å². The molecule has 92 valence electrons. The maximum absolute atomic E-state index is 6.10. The van der Waals surface area contributed by atoms with Crippen LogP contribution in [0.15, 0.2) is 25.8 Å². The van der Waals surface area contributed by atoms with E-state index >= 15 is 0 Å². The summed E-state index contributed by atoms with van der Waals surface area (Å²) < 4.78 is 2.92. The first kappa shape index (κ1) is 14.0. The second-order valence-electron chi connectivity index (χ2n) is 3.45. The Morgan fingerprint density at radius 2 is 2.18 bits per heavy atom. The summed E-state index contributed by atoms with van der Waals surface area (Å²) in [6.45, 7) is 3.03. The molecule has 1 unspecified atom stereocenters. The first-order valence-corrected chi connectivity index (χ1v) is 8.70. The monoisotopic (exact) mass is 413 g/mol. The van der Waals surface area contributed by atoms with Crippen molar-refractivity contribution in [1.82, 2.24) is 5.32 Å². The average Bonchev–Trinajstić information content (AvgIpc) is 2.83. The van der Waals surface area contributed by atoms with Gasteiger partial charge in [0.05, 0.1) is 9.83 Å². The Morgan fingerprint density at radius 1 is 1.41 bits per heavy atom. The smallest absolute Gasteiger partial charge is 0.107 e. The van der Waals surface area contributed by atoms with E-state index in [2.05, 4.69) is 61.6 Å². The summed E-state index contributed by atoms with van der Waals surface area (Å²) in [5.41, 5.74) is 1.27. The third-order valence-corrected chi connectivity index (χ3v) is 6.34. The van der Waals surface area contributed by atoms with E-state index in [1.54, 1.807) is 22.7 Å². The normalized spacial score (nSPS) is 12.9. The summed E-state index contributed by atoms with van der Waals surface area (Å²) in [6.07, 6.45) is 0. The van der Waals surface area contributed by atoms with Crippen LogP contribution >= 0.6 is 66.1 Å². The molecule has 1 N–H and O–H groups in total. The lowest BCUT2D eigenvalue weighted by Crippen LogP contribution is -2.20. The molecule has 1 atom stereocenters. The van der Waals surface area contributed by atoms with Gasteiger partial charge in [0, 0.05) is 9.35 Å². The Morgan fingerprint density at radius 3 is 2.65 bits per heavy atom. The SMILES string of the molecule is CCNC(c1csc(Br)c1)c1cc(Br)c(Cl)s1. The van der Waals surface area contributed by atoms with Gasteiger partial charge in [-0.2, -0.15) is 0 Å². The van der Waals surface area contributed by atoms with E-state index in [1.807, 2.05) is 0 Å². The minimum absolute atomic E-state index is 0.219. The van der Waals surface area contributed by atoms with Gasteiger partial charge in [0.15, 0.2) is 0 Å². The predicted octanol–water partition coefficient (Wildman–Crippen LogP) is 5.69. The molecule has 0 fully saturated rings. The molecule has 2 heterocycles. The number of nitrogens with one attached hydrogen (secondary N) is 1. The predicted molar refractivity (Wildman–Crippen MR) is 84.6 cm³/mol. The van der Waals surface area contributed by atoms with E-state index in [1.165, 1.54) is 10.4 Å². The van der Waals surface area contributed by atoms with E-state index in [0.29, 0.717) is 0 Å². The van der Waals surface area contributed by atoms with Crippen molar-refractivity contribution in [3.8, 4) is 0 Å². The highest BCUT2D eigenvalue weighted by atomic mass is 79.9. The second-order valence-corrected chi connectivity index (χ2v) is 8.28. The standard InChI is InChI=1S/C11H10Br2ClNS2/c1-2-15-10(6-3-9(13)16-5-6)8-4-7(12)11(14)17-8/h3-5,10,15H,2H2,1H3. The van der Waals surface area contributed by atoms with Crippen molar-refractivity contribution in [2.75, 3.05) is 6.54 Å². The summed E-state index contributed by atoms with van der Waals surface area (Å²) in [5, 5.41) is 5.65. The Bertz CT molecular complexity index is 490. The first-order valence-electron chi connectivity index (χ1n) is 5.04. The van der Waals surface area contributed by atoms with E-state index < -0.39 is 0 Å². The minimum Gasteiger partial charge on any atom is -0.306 e. The van der Waals surface area contributed by atoms with Crippen LogP contribution in [0.3, 0.4) is 0 Å². The molecule has 2 rings (SSSR count). The van der Waals surface area contributed by atoms with Gasteiger partial charge in [-0.3, -0.25) is 0 Å². The van der Waals surface area contributed by atoms with Crippen LogP contribution in [0.4, 0.5) is 0 Å². The van der Waals surface area contributed by atoms with E-state index in [9.17, 15) is 0 Å². The molecule has 0 aromatic carbocycles. The Labute approximate surface area is 130 Å². The number of thiophene rings is 2. The van der Waals surface area contributed by atoms with Crippen LogP contribution in [0.25, 0.3) is 0 Å². The topological polar surface area (TPSA) is 12.0 Å². The average molecular weight is 416 g/mol. The van der Waals surface area contributed by atoms with Crippen LogP contribution in [0, 0.1) is 0 Å². The highest BCUT2D eigenvalue weighted by Crippen LogP contribution is 2.38. The second kappa shape index (κ2) is 6.17. The zero-order chi connectivity index (χ0) is 12.4. The van der Waals surface area contributed by atoms with Gasteiger partial charge in [-0.1, -0.05) is 18.5 Å². The quantitative estimate of drug-likeness (QED) is 0.677. The van der Waals surface area contributed by atoms with Gasteiger partial charge >= 0.3 is 0 Å². The van der Waals surface area contributed by atoms with Crippen molar-refractivity contribution in [3.63, 3.8) is 0 Å². The molecule has 6 heteroatoms. The van der Waals surface area contributed by atoms with Gasteiger partial charge in [0.1, 0.15) is 4.34 Å². The molecule has 0 aliphatic carbocycles. The summed E-state index contributed by atoms with van der Waals surface area (Å²) in [4.78, 5) is 1.23. The van der Waals surface area contributed by atoms with Gasteiger partial charge < -0.3 is 5.32 Å². The highest BCUT2D eigenvalue weighted by molar-refractivity contribution is 9.11. The third-order valence-electron chi connectivity index (χ3n) is 2.28. The van der Waals surface area contributed by atoms with Crippen molar-refractivity contribution < 1.29 is 0 Å². The maximum Gasteiger partial charge on any atom is 0.107 e. The van der Waals surface area contributed by atoms with E-state index in [-0.39, 0.29) is 6.04 Å². The van der Waals surface area contributed by atoms with E-state index in [4.69, 9.17) is 11.6 Å². The Kier molecular flexibility index (Phi) is 5.09. The number of rotatable bonds is 4. The van der Waals surface area contributed by atoms with Gasteiger partial charge in [-0.05, 0) is 61.5 Å². The van der Waals surface area contributed by atoms with Crippen molar-refractivity contribution in [3.05, 3.63) is 40.5 Å². The summed E-state index contributed by atoms with van der Waals surface area (Å²) in [5.74, 6) is 0. The van der Waals surface area contributed by atoms with Crippen LogP contribution in [0.5, 0.6) is 0 Å². The first-order chi connectivity index (χ1) is 8.11. The molecule has 0 aliphatic rings. The van der Waals surface area contributed by atoms with Gasteiger partial charge in [0.2, 0.25) is 0 Å². The van der Waals surface area contributed by atoms with Gasteiger partial charge in [0.25, 0.3) is 0 Å². The molecule has 0 spiro atoms. The molecule has 0 saturated carbocycles. The highest BCUT2D eigenvalue weighted by Gasteiger charge is 2.18. The molecule has 0 bridgehead atoms. The van der Waals surface area contributed by atoms with Crippen molar-refractivity contribution in [1.29, 1.82) is 0 Å². The molecule has 17 heavy (non-hydrogen) atoms. The fraction of sp³-hybridized carbons (Fsp3) is 0.273. The van der Waals surface area contributed by atoms with Crippen LogP contribution < -0.4 is 5.32 Å². The largest absolute Gasteiger partial charge is 0.306 e. The molecule has 1 nitrogen and oxygen atoms in total. The number of hydrogen-bond acceptors (Lipinski definition) is 3. The fourth-order valence-electron chi connectivity index (χ4n) is 1.57. The molecular weight excluding hydrogens is 406 g/mol. The minimum atomic E-state index is 0.219. The summed E-state index contributed by atoms with van der Waals surface area (Å²) >= 11 is 16.4. The Hall–Kier alpha value is 0.610. The molecule has 0 amide bonds. The number of hydrogen-bond donors (Lipinski definition) is 1.